The van der Waals surface area contributed by atoms with Gasteiger partial charge < -0.3 is 15.8 Å². The van der Waals surface area contributed by atoms with Crippen molar-refractivity contribution in [1.82, 2.24) is 15.3 Å². The molecule has 1 aliphatic rings. The van der Waals surface area contributed by atoms with E-state index in [4.69, 9.17) is 10.5 Å². The van der Waals surface area contributed by atoms with Crippen molar-refractivity contribution in [3.05, 3.63) is 23.4 Å². The third-order valence-electron chi connectivity index (χ3n) is 4.33. The fourth-order valence-electron chi connectivity index (χ4n) is 2.84. The van der Waals surface area contributed by atoms with Crippen LogP contribution in [-0.4, -0.2) is 40.2 Å². The van der Waals surface area contributed by atoms with Crippen LogP contribution in [-0.2, 0) is 9.53 Å². The molecule has 1 unspecified atom stereocenters. The standard InChI is InChI=1S/C19H28N4O3S/c1-3-15(17(24)21-11-10-13-8-6-5-7-9-13)27-19-22-12-14(16(20)23-19)18(25)26-4-2/h8,12,15H,3-7,9-11H2,1-2H3,(H,21,24)(H2,20,22,23). The number of anilines is 1. The van der Waals surface area contributed by atoms with Crippen molar-refractivity contribution in [3.63, 3.8) is 0 Å². The summed E-state index contributed by atoms with van der Waals surface area (Å²) in [7, 11) is 0. The maximum absolute atomic E-state index is 12.5. The minimum atomic E-state index is -0.548. The van der Waals surface area contributed by atoms with Gasteiger partial charge in [0.1, 0.15) is 11.4 Å². The largest absolute Gasteiger partial charge is 0.462 e. The van der Waals surface area contributed by atoms with E-state index in [2.05, 4.69) is 21.4 Å². The van der Waals surface area contributed by atoms with Crippen LogP contribution in [0.15, 0.2) is 23.0 Å². The smallest absolute Gasteiger partial charge is 0.343 e. The molecule has 0 bridgehead atoms. The van der Waals surface area contributed by atoms with E-state index in [9.17, 15) is 9.59 Å². The molecule has 0 saturated heterocycles. The summed E-state index contributed by atoms with van der Waals surface area (Å²) in [5.74, 6) is -0.519. The first-order valence-corrected chi connectivity index (χ1v) is 10.3. The van der Waals surface area contributed by atoms with E-state index in [0.717, 1.165) is 19.3 Å². The van der Waals surface area contributed by atoms with Crippen molar-refractivity contribution in [3.8, 4) is 0 Å². The first-order valence-electron chi connectivity index (χ1n) is 9.47. The van der Waals surface area contributed by atoms with Crippen molar-refractivity contribution in [2.24, 2.45) is 0 Å². The van der Waals surface area contributed by atoms with Crippen molar-refractivity contribution in [2.45, 2.75) is 62.8 Å². The first-order chi connectivity index (χ1) is 13.0. The van der Waals surface area contributed by atoms with Gasteiger partial charge in [0.2, 0.25) is 5.91 Å². The Bertz CT molecular complexity index is 694. The molecule has 1 aromatic rings. The van der Waals surface area contributed by atoms with Gasteiger partial charge in [-0.05, 0) is 45.4 Å². The van der Waals surface area contributed by atoms with Crippen molar-refractivity contribution < 1.29 is 14.3 Å². The number of rotatable bonds is 9. The highest BCUT2D eigenvalue weighted by atomic mass is 32.2. The van der Waals surface area contributed by atoms with Gasteiger partial charge in [-0.15, -0.1) is 0 Å². The number of thioether (sulfide) groups is 1. The molecule has 1 aliphatic carbocycles. The zero-order valence-corrected chi connectivity index (χ0v) is 16.8. The first kappa shape index (κ1) is 21.2. The van der Waals surface area contributed by atoms with Crippen LogP contribution in [0.4, 0.5) is 5.82 Å². The molecule has 3 N–H and O–H groups in total. The number of nitrogen functional groups attached to an aromatic ring is 1. The molecule has 1 amide bonds. The second kappa shape index (κ2) is 10.9. The highest BCUT2D eigenvalue weighted by Gasteiger charge is 2.21. The fourth-order valence-corrected chi connectivity index (χ4v) is 3.72. The number of nitrogens with one attached hydrogen (secondary N) is 1. The quantitative estimate of drug-likeness (QED) is 0.288. The van der Waals surface area contributed by atoms with Crippen molar-refractivity contribution >= 4 is 29.5 Å². The normalized spacial score (nSPS) is 15.0. The second-order valence-corrected chi connectivity index (χ2v) is 7.51. The van der Waals surface area contributed by atoms with Crippen LogP contribution in [0.5, 0.6) is 0 Å². The predicted molar refractivity (Wildman–Crippen MR) is 107 cm³/mol. The fraction of sp³-hybridized carbons (Fsp3) is 0.579. The molecule has 148 valence electrons. The van der Waals surface area contributed by atoms with Crippen LogP contribution in [0.2, 0.25) is 0 Å². The number of carbonyl (C=O) groups is 2. The lowest BCUT2D eigenvalue weighted by Crippen LogP contribution is -2.33. The Morgan fingerprint density at radius 1 is 1.37 bits per heavy atom. The summed E-state index contributed by atoms with van der Waals surface area (Å²) in [6.07, 6.45) is 9.99. The van der Waals surface area contributed by atoms with Gasteiger partial charge in [-0.2, -0.15) is 0 Å². The van der Waals surface area contributed by atoms with Gasteiger partial charge in [-0.3, -0.25) is 4.79 Å². The Morgan fingerprint density at radius 2 is 2.19 bits per heavy atom. The molecule has 2 rings (SSSR count). The van der Waals surface area contributed by atoms with Gasteiger partial charge in [0.25, 0.3) is 0 Å². The lowest BCUT2D eigenvalue weighted by molar-refractivity contribution is -0.120. The van der Waals surface area contributed by atoms with E-state index in [1.54, 1.807) is 6.92 Å². The zero-order valence-electron chi connectivity index (χ0n) is 16.0. The Morgan fingerprint density at radius 3 is 2.81 bits per heavy atom. The Hall–Kier alpha value is -2.09. The van der Waals surface area contributed by atoms with E-state index in [1.807, 2.05) is 6.92 Å². The minimum absolute atomic E-state index is 0.0319. The van der Waals surface area contributed by atoms with Gasteiger partial charge in [0, 0.05) is 12.7 Å². The van der Waals surface area contributed by atoms with E-state index in [0.29, 0.717) is 18.1 Å². The van der Waals surface area contributed by atoms with Gasteiger partial charge in [-0.25, -0.2) is 14.8 Å². The number of hydrogen-bond donors (Lipinski definition) is 2. The van der Waals surface area contributed by atoms with Crippen LogP contribution in [0.1, 0.15) is 62.7 Å². The zero-order chi connectivity index (χ0) is 19.6. The van der Waals surface area contributed by atoms with Crippen LogP contribution in [0, 0.1) is 0 Å². The summed E-state index contributed by atoms with van der Waals surface area (Å²) in [6, 6.07) is 0. The van der Waals surface area contributed by atoms with Crippen LogP contribution < -0.4 is 11.1 Å². The number of ether oxygens (including phenoxy) is 1. The topological polar surface area (TPSA) is 107 Å². The number of allylic oxidation sites excluding steroid dienone is 1. The number of nitrogens with two attached hydrogens (primary N) is 1. The molecular formula is C19H28N4O3S. The van der Waals surface area contributed by atoms with Gasteiger partial charge >= 0.3 is 5.97 Å². The third kappa shape index (κ3) is 6.53. The lowest BCUT2D eigenvalue weighted by Gasteiger charge is -2.16. The third-order valence-corrected chi connectivity index (χ3v) is 5.57. The summed E-state index contributed by atoms with van der Waals surface area (Å²) in [5.41, 5.74) is 7.41. The minimum Gasteiger partial charge on any atom is -0.462 e. The highest BCUT2D eigenvalue weighted by Crippen LogP contribution is 2.24. The maximum Gasteiger partial charge on any atom is 0.343 e. The molecule has 1 aromatic heterocycles. The van der Waals surface area contributed by atoms with E-state index in [-0.39, 0.29) is 29.1 Å². The number of aromatic nitrogens is 2. The van der Waals surface area contributed by atoms with E-state index >= 15 is 0 Å². The van der Waals surface area contributed by atoms with Gasteiger partial charge in [0.05, 0.1) is 11.9 Å². The monoisotopic (exact) mass is 392 g/mol. The van der Waals surface area contributed by atoms with Crippen LogP contribution in [0.3, 0.4) is 0 Å². The summed E-state index contributed by atoms with van der Waals surface area (Å²) in [5, 5.41) is 3.07. The van der Waals surface area contributed by atoms with Gasteiger partial charge in [-0.1, -0.05) is 30.3 Å². The maximum atomic E-state index is 12.5. The van der Waals surface area contributed by atoms with Gasteiger partial charge in [0.15, 0.2) is 5.16 Å². The molecule has 0 saturated carbocycles. The van der Waals surface area contributed by atoms with E-state index in [1.165, 1.54) is 36.4 Å². The molecule has 0 aromatic carbocycles. The number of carbonyl (C=O) groups excluding carboxylic acids is 2. The summed E-state index contributed by atoms with van der Waals surface area (Å²) >= 11 is 1.25. The Balaban J connectivity index is 1.89. The second-order valence-electron chi connectivity index (χ2n) is 6.34. The molecule has 0 spiro atoms. The molecule has 1 atom stereocenters. The summed E-state index contributed by atoms with van der Waals surface area (Å²) in [4.78, 5) is 32.5. The van der Waals surface area contributed by atoms with Crippen molar-refractivity contribution in [2.75, 3.05) is 18.9 Å². The average Bonchev–Trinajstić information content (AvgIpc) is 2.67. The Kier molecular flexibility index (Phi) is 8.57. The molecule has 0 fully saturated rings. The molecule has 7 nitrogen and oxygen atoms in total. The van der Waals surface area contributed by atoms with Crippen LogP contribution >= 0.6 is 11.8 Å². The Labute approximate surface area is 164 Å². The number of esters is 1. The molecule has 1 heterocycles. The van der Waals surface area contributed by atoms with Crippen LogP contribution in [0.25, 0.3) is 0 Å². The molecular weight excluding hydrogens is 364 g/mol. The molecule has 0 aliphatic heterocycles. The highest BCUT2D eigenvalue weighted by molar-refractivity contribution is 8.00. The summed E-state index contributed by atoms with van der Waals surface area (Å²) < 4.78 is 4.91. The molecule has 27 heavy (non-hydrogen) atoms. The SMILES string of the molecule is CCOC(=O)c1cnc(SC(CC)C(=O)NCCC2=CCCCC2)nc1N. The molecule has 8 heteroatoms. The summed E-state index contributed by atoms with van der Waals surface area (Å²) in [6.45, 7) is 4.56. The average molecular weight is 393 g/mol. The number of amides is 1. The lowest BCUT2D eigenvalue weighted by atomic mass is 9.97. The molecule has 0 radical (unpaired) electrons. The van der Waals surface area contributed by atoms with E-state index < -0.39 is 5.97 Å². The number of hydrogen-bond acceptors (Lipinski definition) is 7. The predicted octanol–water partition coefficient (Wildman–Crippen LogP) is 3.11. The number of nitrogens with zero attached hydrogens (tertiary/aromatic N) is 2. The van der Waals surface area contributed by atoms with Crippen molar-refractivity contribution in [1.29, 1.82) is 0 Å².